The predicted octanol–water partition coefficient (Wildman–Crippen LogP) is 6.71. The lowest BCUT2D eigenvalue weighted by Gasteiger charge is -2.69. The molecule has 4 nitrogen and oxygen atoms in total. The number of ketones is 2. The van der Waals surface area contributed by atoms with Gasteiger partial charge in [0.1, 0.15) is 5.78 Å². The van der Waals surface area contributed by atoms with Gasteiger partial charge in [0.2, 0.25) is 0 Å². The number of fused-ring (bicyclic) bond motifs is 7. The summed E-state index contributed by atoms with van der Waals surface area (Å²) in [6.07, 6.45) is 10.3. The van der Waals surface area contributed by atoms with Gasteiger partial charge >= 0.3 is 5.97 Å². The Labute approximate surface area is 212 Å². The average Bonchev–Trinajstić information content (AvgIpc) is 2.78. The predicted molar refractivity (Wildman–Crippen MR) is 136 cm³/mol. The van der Waals surface area contributed by atoms with Crippen LogP contribution in [-0.2, 0) is 19.1 Å². The van der Waals surface area contributed by atoms with Gasteiger partial charge in [0.05, 0.1) is 12.5 Å². The molecule has 4 saturated carbocycles. The molecule has 0 saturated heterocycles. The first-order valence-corrected chi connectivity index (χ1v) is 14.0. The third kappa shape index (κ3) is 3.00. The molecule has 5 aliphatic rings. The van der Waals surface area contributed by atoms with Crippen LogP contribution < -0.4 is 0 Å². The zero-order valence-corrected chi connectivity index (χ0v) is 23.3. The van der Waals surface area contributed by atoms with Gasteiger partial charge in [-0.05, 0) is 97.9 Å². The molecule has 0 N–H and O–H groups in total. The highest BCUT2D eigenvalue weighted by atomic mass is 16.5. The molecular formula is C31H46O4. The fraction of sp³-hybridized carbons (Fsp3) is 0.839. The number of rotatable bonds is 1. The molecule has 0 unspecified atom stereocenters. The molecule has 0 bridgehead atoms. The van der Waals surface area contributed by atoms with Gasteiger partial charge in [-0.3, -0.25) is 14.4 Å². The summed E-state index contributed by atoms with van der Waals surface area (Å²) < 4.78 is 5.24. The molecule has 4 heteroatoms. The van der Waals surface area contributed by atoms with E-state index in [-0.39, 0.29) is 56.6 Å². The maximum atomic E-state index is 14.3. The Morgan fingerprint density at radius 3 is 2.23 bits per heavy atom. The van der Waals surface area contributed by atoms with E-state index in [4.69, 9.17) is 4.74 Å². The normalized spacial score (nSPS) is 50.7. The van der Waals surface area contributed by atoms with E-state index in [0.29, 0.717) is 12.2 Å². The summed E-state index contributed by atoms with van der Waals surface area (Å²) in [7, 11) is 1.50. The molecule has 5 rings (SSSR count). The van der Waals surface area contributed by atoms with E-state index in [9.17, 15) is 14.4 Å². The minimum atomic E-state index is -0.490. The summed E-state index contributed by atoms with van der Waals surface area (Å²) in [6.45, 7) is 15.9. The van der Waals surface area contributed by atoms with Crippen LogP contribution in [-0.4, -0.2) is 24.6 Å². The Hall–Kier alpha value is -1.45. The molecule has 0 aliphatic heterocycles. The van der Waals surface area contributed by atoms with Crippen molar-refractivity contribution in [3.8, 4) is 0 Å². The van der Waals surface area contributed by atoms with Crippen molar-refractivity contribution >= 4 is 17.5 Å². The number of hydrogen-bond donors (Lipinski definition) is 0. The minimum Gasteiger partial charge on any atom is -0.469 e. The van der Waals surface area contributed by atoms with Crippen molar-refractivity contribution in [2.75, 3.05) is 7.11 Å². The van der Waals surface area contributed by atoms with Gasteiger partial charge in [-0.15, -0.1) is 0 Å². The van der Waals surface area contributed by atoms with Gasteiger partial charge in [0.15, 0.2) is 5.78 Å². The highest BCUT2D eigenvalue weighted by Gasteiger charge is 2.70. The van der Waals surface area contributed by atoms with Crippen LogP contribution in [0.5, 0.6) is 0 Å². The fourth-order valence-corrected chi connectivity index (χ4v) is 10.4. The molecule has 5 aliphatic carbocycles. The number of carbonyl (C=O) groups excluding carboxylic acids is 3. The van der Waals surface area contributed by atoms with Crippen molar-refractivity contribution in [1.29, 1.82) is 0 Å². The molecule has 0 aromatic rings. The Morgan fingerprint density at radius 2 is 1.57 bits per heavy atom. The molecule has 0 aromatic carbocycles. The van der Waals surface area contributed by atoms with Gasteiger partial charge < -0.3 is 4.74 Å². The highest BCUT2D eigenvalue weighted by Crippen LogP contribution is 2.74. The van der Waals surface area contributed by atoms with Gasteiger partial charge in [0.25, 0.3) is 0 Å². The van der Waals surface area contributed by atoms with Gasteiger partial charge in [-0.1, -0.05) is 47.1 Å². The molecule has 35 heavy (non-hydrogen) atoms. The zero-order chi connectivity index (χ0) is 25.8. The summed E-state index contributed by atoms with van der Waals surface area (Å²) in [5, 5.41) is 0. The molecule has 0 spiro atoms. The van der Waals surface area contributed by atoms with Crippen LogP contribution in [0.2, 0.25) is 0 Å². The SMILES string of the molecule is COC(=O)[C@@]1(C)CC[C@]2(C)CC[C@]3(C)C(=CC(=O)[C@@H]4[C@@]5(C)CCC(=O)C(C)(C)[C@H]5CC[C@]43C)[C@@H]2C1. The second kappa shape index (κ2) is 7.32. The summed E-state index contributed by atoms with van der Waals surface area (Å²) in [5.74, 6) is 0.980. The molecule has 0 radical (unpaired) electrons. The van der Waals surface area contributed by atoms with E-state index in [1.165, 1.54) is 12.7 Å². The molecule has 0 heterocycles. The van der Waals surface area contributed by atoms with Crippen molar-refractivity contribution in [1.82, 2.24) is 0 Å². The topological polar surface area (TPSA) is 60.4 Å². The monoisotopic (exact) mass is 482 g/mol. The number of carbonyl (C=O) groups is 3. The summed E-state index contributed by atoms with van der Waals surface area (Å²) in [5.41, 5.74) is 0.244. The number of ether oxygens (including phenoxy) is 1. The Kier molecular flexibility index (Phi) is 5.27. The smallest absolute Gasteiger partial charge is 0.311 e. The van der Waals surface area contributed by atoms with E-state index in [1.54, 1.807) is 0 Å². The van der Waals surface area contributed by atoms with E-state index in [0.717, 1.165) is 51.4 Å². The van der Waals surface area contributed by atoms with E-state index < -0.39 is 5.41 Å². The van der Waals surface area contributed by atoms with E-state index in [1.807, 2.05) is 0 Å². The average molecular weight is 483 g/mol. The van der Waals surface area contributed by atoms with Crippen molar-refractivity contribution in [3.63, 3.8) is 0 Å². The Morgan fingerprint density at radius 1 is 0.914 bits per heavy atom. The maximum Gasteiger partial charge on any atom is 0.311 e. The third-order valence-corrected chi connectivity index (χ3v) is 13.0. The van der Waals surface area contributed by atoms with Gasteiger partial charge in [-0.2, -0.15) is 0 Å². The second-order valence-electron chi connectivity index (χ2n) is 14.9. The lowest BCUT2D eigenvalue weighted by Crippen LogP contribution is -2.66. The van der Waals surface area contributed by atoms with Crippen molar-refractivity contribution < 1.29 is 19.1 Å². The summed E-state index contributed by atoms with van der Waals surface area (Å²) >= 11 is 0. The van der Waals surface area contributed by atoms with Crippen LogP contribution >= 0.6 is 0 Å². The van der Waals surface area contributed by atoms with Crippen molar-refractivity contribution in [2.24, 2.45) is 50.2 Å². The summed E-state index contributed by atoms with van der Waals surface area (Å²) in [6, 6.07) is 0. The first kappa shape index (κ1) is 25.2. The Balaban J connectivity index is 1.62. The van der Waals surface area contributed by atoms with Crippen LogP contribution in [0.4, 0.5) is 0 Å². The first-order chi connectivity index (χ1) is 16.1. The maximum absolute atomic E-state index is 14.3. The van der Waals surface area contributed by atoms with E-state index in [2.05, 4.69) is 54.5 Å². The fourth-order valence-electron chi connectivity index (χ4n) is 10.4. The number of esters is 1. The molecule has 0 amide bonds. The lowest BCUT2D eigenvalue weighted by atomic mass is 9.33. The minimum absolute atomic E-state index is 0.0465. The number of methoxy groups -OCH3 is 1. The van der Waals surface area contributed by atoms with Crippen molar-refractivity contribution in [3.05, 3.63) is 11.6 Å². The van der Waals surface area contributed by atoms with Crippen LogP contribution in [0.25, 0.3) is 0 Å². The first-order valence-electron chi connectivity index (χ1n) is 14.0. The molecular weight excluding hydrogens is 436 g/mol. The zero-order valence-electron chi connectivity index (χ0n) is 23.3. The van der Waals surface area contributed by atoms with Crippen LogP contribution in [0.3, 0.4) is 0 Å². The quantitative estimate of drug-likeness (QED) is 0.390. The van der Waals surface area contributed by atoms with Crippen LogP contribution in [0.15, 0.2) is 11.6 Å². The van der Waals surface area contributed by atoms with Crippen LogP contribution in [0.1, 0.15) is 106 Å². The molecule has 0 aromatic heterocycles. The third-order valence-electron chi connectivity index (χ3n) is 13.0. The Bertz CT molecular complexity index is 1020. The molecule has 8 atom stereocenters. The standard InChI is InChI=1S/C31H46O4/c1-26(2)22-9-12-31(7)24(29(22,5)11-10-23(26)33)21(32)17-19-20-18-28(4,25(34)35-8)14-13-27(20,3)15-16-30(19,31)6/h17,20,22,24H,9-16,18H2,1-8H3/t20-,22+,24+,27+,28-,29-,30+,31+/m0/s1. The number of hydrogen-bond acceptors (Lipinski definition) is 4. The van der Waals surface area contributed by atoms with Gasteiger partial charge in [-0.25, -0.2) is 0 Å². The molecule has 194 valence electrons. The molecule has 4 fully saturated rings. The number of Topliss-reactive ketones (excluding diaryl/α,β-unsaturated/α-hetero) is 1. The number of allylic oxidation sites excluding steroid dienone is 2. The summed E-state index contributed by atoms with van der Waals surface area (Å²) in [4.78, 5) is 40.0. The van der Waals surface area contributed by atoms with E-state index >= 15 is 0 Å². The van der Waals surface area contributed by atoms with Gasteiger partial charge in [0, 0.05) is 17.8 Å². The largest absolute Gasteiger partial charge is 0.469 e. The van der Waals surface area contributed by atoms with Crippen molar-refractivity contribution in [2.45, 2.75) is 106 Å². The lowest BCUT2D eigenvalue weighted by molar-refractivity contribution is -0.188. The second-order valence-corrected chi connectivity index (χ2v) is 14.9. The highest BCUT2D eigenvalue weighted by molar-refractivity contribution is 5.96. The van der Waals surface area contributed by atoms with Crippen LogP contribution in [0, 0.1) is 50.2 Å².